The molecule has 0 unspecified atom stereocenters. The molecular formula is C52H33NO. The van der Waals surface area contributed by atoms with Gasteiger partial charge in [-0.15, -0.1) is 0 Å². The molecule has 0 saturated heterocycles. The number of anilines is 3. The van der Waals surface area contributed by atoms with Crippen molar-refractivity contribution < 1.29 is 4.42 Å². The smallest absolute Gasteiger partial charge is 0.145 e. The number of nitrogens with zero attached hydrogens (tertiary/aromatic N) is 1. The fourth-order valence-corrected chi connectivity index (χ4v) is 8.46. The molecule has 0 fully saturated rings. The van der Waals surface area contributed by atoms with E-state index in [2.05, 4.69) is 205 Å². The van der Waals surface area contributed by atoms with E-state index >= 15 is 0 Å². The summed E-state index contributed by atoms with van der Waals surface area (Å²) in [6, 6.07) is 72.3. The van der Waals surface area contributed by atoms with Gasteiger partial charge in [0, 0.05) is 21.8 Å². The van der Waals surface area contributed by atoms with Crippen molar-refractivity contribution in [3.63, 3.8) is 0 Å². The first-order valence-corrected chi connectivity index (χ1v) is 18.5. The lowest BCUT2D eigenvalue weighted by Gasteiger charge is -2.29. The van der Waals surface area contributed by atoms with Gasteiger partial charge in [0.2, 0.25) is 0 Å². The van der Waals surface area contributed by atoms with Crippen LogP contribution in [0.1, 0.15) is 0 Å². The zero-order valence-electron chi connectivity index (χ0n) is 29.4. The van der Waals surface area contributed by atoms with Crippen LogP contribution >= 0.6 is 0 Å². The summed E-state index contributed by atoms with van der Waals surface area (Å²) >= 11 is 0. The van der Waals surface area contributed by atoms with Gasteiger partial charge >= 0.3 is 0 Å². The van der Waals surface area contributed by atoms with Crippen molar-refractivity contribution in [3.05, 3.63) is 200 Å². The number of fused-ring (bicyclic) bond motifs is 9. The summed E-state index contributed by atoms with van der Waals surface area (Å²) in [5.74, 6) is 0. The first kappa shape index (κ1) is 30.5. The molecular weight excluding hydrogens is 655 g/mol. The Hall–Kier alpha value is -7.16. The molecule has 11 rings (SSSR count). The predicted molar refractivity (Wildman–Crippen MR) is 229 cm³/mol. The van der Waals surface area contributed by atoms with Crippen molar-refractivity contribution in [1.82, 2.24) is 0 Å². The third-order valence-electron chi connectivity index (χ3n) is 11.0. The summed E-state index contributed by atoms with van der Waals surface area (Å²) in [7, 11) is 0. The second-order valence-corrected chi connectivity index (χ2v) is 14.1. The van der Waals surface area contributed by atoms with E-state index in [-0.39, 0.29) is 0 Å². The van der Waals surface area contributed by atoms with Crippen LogP contribution < -0.4 is 4.90 Å². The second kappa shape index (κ2) is 12.2. The maximum absolute atomic E-state index is 6.70. The van der Waals surface area contributed by atoms with Crippen molar-refractivity contribution in [2.75, 3.05) is 4.90 Å². The SMILES string of the molecule is c1ccc2c(-c3ccc(-c4ccc(N(c5cc6ccccc6c6ccccc56)c5cc6ccccc6c6oc7ccccc7c56)cc4)cc3)cccc2c1. The normalized spacial score (nSPS) is 11.7. The molecule has 0 bridgehead atoms. The summed E-state index contributed by atoms with van der Waals surface area (Å²) in [5.41, 5.74) is 9.90. The highest BCUT2D eigenvalue weighted by Crippen LogP contribution is 2.48. The van der Waals surface area contributed by atoms with Gasteiger partial charge in [-0.05, 0) is 84.9 Å². The minimum Gasteiger partial charge on any atom is -0.455 e. The predicted octanol–water partition coefficient (Wildman–Crippen LogP) is 15.0. The first-order valence-electron chi connectivity index (χ1n) is 18.5. The lowest BCUT2D eigenvalue weighted by molar-refractivity contribution is 0.672. The van der Waals surface area contributed by atoms with Gasteiger partial charge in [0.25, 0.3) is 0 Å². The Kier molecular flexibility index (Phi) is 6.90. The molecule has 252 valence electrons. The average molecular weight is 688 g/mol. The Morgan fingerprint density at radius 1 is 0.333 bits per heavy atom. The fraction of sp³-hybridized carbons (Fsp3) is 0. The van der Waals surface area contributed by atoms with Gasteiger partial charge in [0.15, 0.2) is 0 Å². The lowest BCUT2D eigenvalue weighted by atomic mass is 9.96. The Labute approximate surface area is 312 Å². The Bertz CT molecular complexity index is 3200. The summed E-state index contributed by atoms with van der Waals surface area (Å²) in [6.07, 6.45) is 0. The molecule has 54 heavy (non-hydrogen) atoms. The molecule has 1 aromatic heterocycles. The van der Waals surface area contributed by atoms with Gasteiger partial charge in [-0.3, -0.25) is 0 Å². The minimum absolute atomic E-state index is 0.885. The van der Waals surface area contributed by atoms with Crippen LogP contribution in [0.3, 0.4) is 0 Å². The van der Waals surface area contributed by atoms with Gasteiger partial charge in [-0.25, -0.2) is 0 Å². The highest BCUT2D eigenvalue weighted by molar-refractivity contribution is 6.23. The number of furan rings is 1. The maximum Gasteiger partial charge on any atom is 0.145 e. The molecule has 0 amide bonds. The fourth-order valence-electron chi connectivity index (χ4n) is 8.46. The topological polar surface area (TPSA) is 16.4 Å². The van der Waals surface area contributed by atoms with E-state index in [1.165, 1.54) is 54.6 Å². The van der Waals surface area contributed by atoms with Gasteiger partial charge < -0.3 is 9.32 Å². The molecule has 10 aromatic carbocycles. The Balaban J connectivity index is 1.12. The largest absolute Gasteiger partial charge is 0.455 e. The standard InChI is InChI=1S/C52H33NO/c1-4-16-41-36(12-1)15-11-22-42(41)37-26-24-34(25-27-37)35-28-30-40(31-29-35)53(48-32-38-13-2-5-17-43(38)45-19-7-8-20-46(45)48)49-33-39-14-3-6-18-44(39)52-51(49)47-21-9-10-23-50(47)54-52/h1-33H. The number of benzene rings is 10. The van der Waals surface area contributed by atoms with Crippen molar-refractivity contribution in [1.29, 1.82) is 0 Å². The Morgan fingerprint density at radius 2 is 0.852 bits per heavy atom. The van der Waals surface area contributed by atoms with E-state index in [0.717, 1.165) is 49.8 Å². The van der Waals surface area contributed by atoms with E-state index in [1.54, 1.807) is 0 Å². The van der Waals surface area contributed by atoms with Gasteiger partial charge in [-0.1, -0.05) is 170 Å². The van der Waals surface area contributed by atoms with Crippen LogP contribution in [0, 0.1) is 0 Å². The monoisotopic (exact) mass is 687 g/mol. The van der Waals surface area contributed by atoms with Crippen molar-refractivity contribution >= 4 is 82.1 Å². The third kappa shape index (κ3) is 4.81. The number of para-hydroxylation sites is 1. The number of hydrogen-bond donors (Lipinski definition) is 0. The summed E-state index contributed by atoms with van der Waals surface area (Å²) in [6.45, 7) is 0. The molecule has 0 radical (unpaired) electrons. The van der Waals surface area contributed by atoms with Crippen LogP contribution in [0.2, 0.25) is 0 Å². The van der Waals surface area contributed by atoms with Crippen molar-refractivity contribution in [3.8, 4) is 22.3 Å². The van der Waals surface area contributed by atoms with E-state index in [0.29, 0.717) is 0 Å². The van der Waals surface area contributed by atoms with Crippen molar-refractivity contribution in [2.45, 2.75) is 0 Å². The highest BCUT2D eigenvalue weighted by atomic mass is 16.3. The minimum atomic E-state index is 0.885. The molecule has 0 atom stereocenters. The van der Waals surface area contributed by atoms with Crippen LogP contribution in [0.4, 0.5) is 17.1 Å². The average Bonchev–Trinajstić information content (AvgIpc) is 3.64. The van der Waals surface area contributed by atoms with Crippen LogP contribution in [0.15, 0.2) is 205 Å². The summed E-state index contributed by atoms with van der Waals surface area (Å²) < 4.78 is 6.70. The zero-order valence-corrected chi connectivity index (χ0v) is 29.4. The van der Waals surface area contributed by atoms with E-state index in [9.17, 15) is 0 Å². The van der Waals surface area contributed by atoms with Crippen LogP contribution in [0.25, 0.3) is 87.3 Å². The molecule has 0 aliphatic heterocycles. The van der Waals surface area contributed by atoms with E-state index in [4.69, 9.17) is 4.42 Å². The van der Waals surface area contributed by atoms with Crippen LogP contribution in [-0.2, 0) is 0 Å². The molecule has 0 aliphatic rings. The first-order chi connectivity index (χ1) is 26.8. The van der Waals surface area contributed by atoms with E-state index < -0.39 is 0 Å². The summed E-state index contributed by atoms with van der Waals surface area (Å²) in [4.78, 5) is 2.44. The van der Waals surface area contributed by atoms with Gasteiger partial charge in [0.1, 0.15) is 11.2 Å². The summed E-state index contributed by atoms with van der Waals surface area (Å²) in [5, 5.41) is 11.9. The molecule has 0 N–H and O–H groups in total. The second-order valence-electron chi connectivity index (χ2n) is 14.1. The van der Waals surface area contributed by atoms with Crippen molar-refractivity contribution in [2.24, 2.45) is 0 Å². The maximum atomic E-state index is 6.70. The lowest BCUT2D eigenvalue weighted by Crippen LogP contribution is -2.11. The third-order valence-corrected chi connectivity index (χ3v) is 11.0. The quantitative estimate of drug-likeness (QED) is 0.168. The van der Waals surface area contributed by atoms with Crippen LogP contribution in [0.5, 0.6) is 0 Å². The highest BCUT2D eigenvalue weighted by Gasteiger charge is 2.23. The molecule has 0 saturated carbocycles. The van der Waals surface area contributed by atoms with Gasteiger partial charge in [0.05, 0.1) is 16.8 Å². The number of rotatable bonds is 5. The van der Waals surface area contributed by atoms with E-state index in [1.807, 2.05) is 0 Å². The molecule has 1 heterocycles. The molecule has 2 heteroatoms. The molecule has 0 aliphatic carbocycles. The number of hydrogen-bond acceptors (Lipinski definition) is 2. The Morgan fingerprint density at radius 3 is 1.61 bits per heavy atom. The molecule has 11 aromatic rings. The van der Waals surface area contributed by atoms with Gasteiger partial charge in [-0.2, -0.15) is 0 Å². The zero-order chi connectivity index (χ0) is 35.6. The van der Waals surface area contributed by atoms with Crippen LogP contribution in [-0.4, -0.2) is 0 Å². The molecule has 2 nitrogen and oxygen atoms in total. The molecule has 0 spiro atoms.